The molecule has 0 spiro atoms. The number of anilines is 1. The van der Waals surface area contributed by atoms with E-state index in [4.69, 9.17) is 10.5 Å². The number of ketones is 1. The fourth-order valence-corrected chi connectivity index (χ4v) is 3.65. The van der Waals surface area contributed by atoms with Gasteiger partial charge in [-0.3, -0.25) is 23.8 Å². The third kappa shape index (κ3) is 4.88. The molecule has 3 rings (SSSR count). The molecule has 0 aliphatic heterocycles. The number of H-pyrrole nitrogens is 1. The largest absolute Gasteiger partial charge is 0.485 e. The molecule has 0 amide bonds. The summed E-state index contributed by atoms with van der Waals surface area (Å²) in [5.41, 5.74) is 5.55. The van der Waals surface area contributed by atoms with Gasteiger partial charge in [-0.2, -0.15) is 0 Å². The number of ether oxygens (including phenoxy) is 1. The van der Waals surface area contributed by atoms with E-state index in [1.54, 1.807) is 0 Å². The number of nitrogens with two attached hydrogens (primary N) is 1. The van der Waals surface area contributed by atoms with Gasteiger partial charge in [0.05, 0.1) is 5.75 Å². The summed E-state index contributed by atoms with van der Waals surface area (Å²) < 4.78 is 7.86. The molecule has 10 nitrogen and oxygen atoms in total. The van der Waals surface area contributed by atoms with Gasteiger partial charge in [-0.25, -0.2) is 9.78 Å². The Labute approximate surface area is 182 Å². The molecule has 11 heteroatoms. The van der Waals surface area contributed by atoms with Gasteiger partial charge in [0, 0.05) is 13.6 Å². The zero-order valence-electron chi connectivity index (χ0n) is 17.5. The Hall–Kier alpha value is -3.34. The number of carbonyl (C=O) groups excluding carboxylic acids is 1. The summed E-state index contributed by atoms with van der Waals surface area (Å²) in [7, 11) is 1.33. The first kappa shape index (κ1) is 22.3. The Morgan fingerprint density at radius 1 is 1.29 bits per heavy atom. The highest BCUT2D eigenvalue weighted by Gasteiger charge is 2.22. The molecule has 0 atom stereocenters. The van der Waals surface area contributed by atoms with Crippen molar-refractivity contribution in [3.8, 4) is 5.75 Å². The van der Waals surface area contributed by atoms with Crippen LogP contribution in [0.25, 0.3) is 0 Å². The van der Waals surface area contributed by atoms with Gasteiger partial charge in [0.25, 0.3) is 5.56 Å². The Bertz CT molecular complexity index is 1210. The van der Waals surface area contributed by atoms with Gasteiger partial charge in [0.2, 0.25) is 5.16 Å². The predicted molar refractivity (Wildman–Crippen MR) is 118 cm³/mol. The van der Waals surface area contributed by atoms with Crippen LogP contribution >= 0.6 is 11.8 Å². The van der Waals surface area contributed by atoms with Crippen LogP contribution in [0.1, 0.15) is 35.1 Å². The molecule has 0 bridgehead atoms. The van der Waals surface area contributed by atoms with Crippen molar-refractivity contribution >= 4 is 23.4 Å². The van der Waals surface area contributed by atoms with Gasteiger partial charge < -0.3 is 10.5 Å². The van der Waals surface area contributed by atoms with Crippen LogP contribution in [-0.2, 0) is 20.2 Å². The molecule has 31 heavy (non-hydrogen) atoms. The molecule has 0 fully saturated rings. The molecule has 3 N–H and O–H groups in total. The number of aromatic nitrogens is 5. The first-order valence-corrected chi connectivity index (χ1v) is 10.7. The minimum Gasteiger partial charge on any atom is -0.485 e. The maximum absolute atomic E-state index is 12.7. The maximum atomic E-state index is 12.7. The molecular formula is C20H24N6O4S. The number of hydrogen-bond acceptors (Lipinski definition) is 8. The third-order valence-electron chi connectivity index (χ3n) is 4.61. The Morgan fingerprint density at radius 3 is 2.74 bits per heavy atom. The van der Waals surface area contributed by atoms with E-state index in [1.165, 1.54) is 11.6 Å². The smallest absolute Gasteiger partial charge is 0.332 e. The van der Waals surface area contributed by atoms with Crippen LogP contribution in [0.5, 0.6) is 5.75 Å². The lowest BCUT2D eigenvalue weighted by atomic mass is 10.2. The van der Waals surface area contributed by atoms with Crippen LogP contribution in [0, 0.1) is 6.92 Å². The zero-order valence-corrected chi connectivity index (χ0v) is 18.4. The highest BCUT2D eigenvalue weighted by molar-refractivity contribution is 7.99. The summed E-state index contributed by atoms with van der Waals surface area (Å²) >= 11 is 1.07. The lowest BCUT2D eigenvalue weighted by Crippen LogP contribution is -2.42. The standard InChI is InChI=1S/C20H24N6O4S/c1-4-9-26-17(21)16(18(28)25(3)20(26)29)13(27)11-31-19-22-15(23-24-19)10-30-14-8-6-5-7-12(14)2/h5-8H,4,9-11,21H2,1-3H3,(H,22,23,24). The van der Waals surface area contributed by atoms with Crippen molar-refractivity contribution in [2.24, 2.45) is 7.05 Å². The monoisotopic (exact) mass is 444 g/mol. The molecule has 0 radical (unpaired) electrons. The summed E-state index contributed by atoms with van der Waals surface area (Å²) in [6.45, 7) is 4.33. The molecular weight excluding hydrogens is 420 g/mol. The van der Waals surface area contributed by atoms with Gasteiger partial charge in [-0.1, -0.05) is 36.9 Å². The number of para-hydroxylation sites is 1. The van der Waals surface area contributed by atoms with Crippen molar-refractivity contribution in [1.29, 1.82) is 0 Å². The van der Waals surface area contributed by atoms with Crippen molar-refractivity contribution in [2.75, 3.05) is 11.5 Å². The Morgan fingerprint density at radius 2 is 2.03 bits per heavy atom. The molecule has 1 aromatic carbocycles. The van der Waals surface area contributed by atoms with E-state index in [2.05, 4.69) is 15.2 Å². The molecule has 2 heterocycles. The minimum atomic E-state index is -0.706. The van der Waals surface area contributed by atoms with Crippen LogP contribution in [-0.4, -0.2) is 35.9 Å². The molecule has 164 valence electrons. The SMILES string of the molecule is CCCn1c(N)c(C(=O)CSc2n[nH]c(COc3ccccc3C)n2)c(=O)n(C)c1=O. The maximum Gasteiger partial charge on any atom is 0.332 e. The number of hydrogen-bond donors (Lipinski definition) is 2. The first-order valence-electron chi connectivity index (χ1n) is 9.68. The molecule has 0 unspecified atom stereocenters. The van der Waals surface area contributed by atoms with Crippen molar-refractivity contribution in [3.63, 3.8) is 0 Å². The van der Waals surface area contributed by atoms with Crippen LogP contribution in [0.4, 0.5) is 5.82 Å². The highest BCUT2D eigenvalue weighted by Crippen LogP contribution is 2.19. The molecule has 0 saturated heterocycles. The van der Waals surface area contributed by atoms with E-state index in [0.29, 0.717) is 23.9 Å². The second kappa shape index (κ2) is 9.65. The molecule has 3 aromatic rings. The van der Waals surface area contributed by atoms with Crippen molar-refractivity contribution < 1.29 is 9.53 Å². The van der Waals surface area contributed by atoms with E-state index in [9.17, 15) is 14.4 Å². The van der Waals surface area contributed by atoms with E-state index in [-0.39, 0.29) is 23.7 Å². The van der Waals surface area contributed by atoms with Gasteiger partial charge in [-0.05, 0) is 25.0 Å². The highest BCUT2D eigenvalue weighted by atomic mass is 32.2. The second-order valence-electron chi connectivity index (χ2n) is 6.89. The lowest BCUT2D eigenvalue weighted by Gasteiger charge is -2.13. The summed E-state index contributed by atoms with van der Waals surface area (Å²) in [6, 6.07) is 7.62. The lowest BCUT2D eigenvalue weighted by molar-refractivity contribution is 0.102. The number of nitrogen functional groups attached to an aromatic ring is 1. The van der Waals surface area contributed by atoms with Crippen LogP contribution < -0.4 is 21.7 Å². The summed E-state index contributed by atoms with van der Waals surface area (Å²) in [4.78, 5) is 41.7. The first-order chi connectivity index (χ1) is 14.8. The number of aryl methyl sites for hydroxylation is 1. The molecule has 0 saturated carbocycles. The second-order valence-corrected chi connectivity index (χ2v) is 7.83. The Kier molecular flexibility index (Phi) is 6.95. The van der Waals surface area contributed by atoms with Gasteiger partial charge in [0.15, 0.2) is 11.6 Å². The van der Waals surface area contributed by atoms with Gasteiger partial charge >= 0.3 is 5.69 Å². The molecule has 0 aliphatic carbocycles. The normalized spacial score (nSPS) is 10.9. The fraction of sp³-hybridized carbons (Fsp3) is 0.350. The van der Waals surface area contributed by atoms with Crippen molar-refractivity contribution in [3.05, 3.63) is 62.1 Å². The average Bonchev–Trinajstić information content (AvgIpc) is 3.21. The van der Waals surface area contributed by atoms with E-state index >= 15 is 0 Å². The predicted octanol–water partition coefficient (Wildman–Crippen LogP) is 1.52. The number of carbonyl (C=O) groups is 1. The third-order valence-corrected chi connectivity index (χ3v) is 5.46. The topological polar surface area (TPSA) is 138 Å². The van der Waals surface area contributed by atoms with Gasteiger partial charge in [-0.15, -0.1) is 5.10 Å². The molecule has 0 aliphatic rings. The number of thioether (sulfide) groups is 1. The molecule has 2 aromatic heterocycles. The summed E-state index contributed by atoms with van der Waals surface area (Å²) in [5, 5.41) is 7.18. The number of Topliss-reactive ketones (excluding diaryl/α,β-unsaturated/α-hetero) is 1. The fourth-order valence-electron chi connectivity index (χ4n) is 2.96. The number of nitrogens with zero attached hydrogens (tertiary/aromatic N) is 4. The number of benzene rings is 1. The quantitative estimate of drug-likeness (QED) is 0.374. The van der Waals surface area contributed by atoms with E-state index in [0.717, 1.165) is 27.6 Å². The van der Waals surface area contributed by atoms with E-state index < -0.39 is 17.0 Å². The minimum absolute atomic E-state index is 0.0975. The zero-order chi connectivity index (χ0) is 22.5. The van der Waals surface area contributed by atoms with Crippen LogP contribution in [0.2, 0.25) is 0 Å². The summed E-state index contributed by atoms with van der Waals surface area (Å²) in [6.07, 6.45) is 0.634. The number of rotatable bonds is 9. The van der Waals surface area contributed by atoms with Crippen molar-refractivity contribution in [1.82, 2.24) is 24.3 Å². The van der Waals surface area contributed by atoms with Crippen molar-refractivity contribution in [2.45, 2.75) is 38.6 Å². The van der Waals surface area contributed by atoms with Crippen LogP contribution in [0.3, 0.4) is 0 Å². The van der Waals surface area contributed by atoms with E-state index in [1.807, 2.05) is 38.1 Å². The van der Waals surface area contributed by atoms with Gasteiger partial charge in [0.1, 0.15) is 23.7 Å². The Balaban J connectivity index is 1.69. The average molecular weight is 445 g/mol. The number of nitrogens with one attached hydrogen (secondary N) is 1. The summed E-state index contributed by atoms with van der Waals surface area (Å²) in [5.74, 6) is 0.556. The number of aromatic amines is 1. The van der Waals surface area contributed by atoms with Crippen LogP contribution in [0.15, 0.2) is 39.0 Å².